The summed E-state index contributed by atoms with van der Waals surface area (Å²) in [4.78, 5) is 2.31. The van der Waals surface area contributed by atoms with Gasteiger partial charge in [-0.2, -0.15) is 5.26 Å². The van der Waals surface area contributed by atoms with Crippen LogP contribution in [0.3, 0.4) is 0 Å². The molecule has 1 aliphatic rings. The van der Waals surface area contributed by atoms with Crippen LogP contribution in [0.1, 0.15) is 32.3 Å². The van der Waals surface area contributed by atoms with Gasteiger partial charge in [0.05, 0.1) is 22.0 Å². The lowest BCUT2D eigenvalue weighted by Crippen LogP contribution is -2.39. The maximum Gasteiger partial charge on any atom is 0.0676 e. The lowest BCUT2D eigenvalue weighted by molar-refractivity contribution is 0.170. The predicted molar refractivity (Wildman–Crippen MR) is 84.6 cm³/mol. The van der Waals surface area contributed by atoms with Crippen molar-refractivity contribution in [3.05, 3.63) is 32.8 Å². The van der Waals surface area contributed by atoms with Gasteiger partial charge in [-0.15, -0.1) is 0 Å². The van der Waals surface area contributed by atoms with Crippen LogP contribution < -0.4 is 0 Å². The Morgan fingerprint density at radius 2 is 1.70 bits per heavy atom. The van der Waals surface area contributed by atoms with Crippen LogP contribution >= 0.6 is 34.8 Å². The summed E-state index contributed by atoms with van der Waals surface area (Å²) in [6, 6.07) is 5.86. The fourth-order valence-corrected chi connectivity index (χ4v) is 3.32. The number of nitrogens with zero attached hydrogens (tertiary/aromatic N) is 2. The predicted octanol–water partition coefficient (Wildman–Crippen LogP) is 4.98. The minimum Gasteiger partial charge on any atom is -0.297 e. The van der Waals surface area contributed by atoms with Gasteiger partial charge in [0.15, 0.2) is 0 Å². The van der Waals surface area contributed by atoms with E-state index in [0.717, 1.165) is 18.7 Å². The molecular formula is C15H17Cl3N2. The van der Waals surface area contributed by atoms with Gasteiger partial charge in [-0.25, -0.2) is 0 Å². The molecule has 20 heavy (non-hydrogen) atoms. The van der Waals surface area contributed by atoms with E-state index in [1.807, 2.05) is 0 Å². The molecule has 108 valence electrons. The number of hydrogen-bond acceptors (Lipinski definition) is 2. The van der Waals surface area contributed by atoms with Crippen molar-refractivity contribution >= 4 is 34.8 Å². The highest BCUT2D eigenvalue weighted by Gasteiger charge is 2.39. The zero-order valence-corrected chi connectivity index (χ0v) is 14.0. The first-order valence-electron chi connectivity index (χ1n) is 6.53. The van der Waals surface area contributed by atoms with Crippen molar-refractivity contribution in [1.82, 2.24) is 4.90 Å². The maximum absolute atomic E-state index is 9.42. The summed E-state index contributed by atoms with van der Waals surface area (Å²) in [5.41, 5.74) is 0.950. The van der Waals surface area contributed by atoms with Crippen molar-refractivity contribution in [2.45, 2.75) is 32.2 Å². The zero-order chi connectivity index (χ0) is 15.1. The second-order valence-corrected chi connectivity index (χ2v) is 7.43. The van der Waals surface area contributed by atoms with Gasteiger partial charge in [0.2, 0.25) is 0 Å². The number of likely N-dealkylation sites (tertiary alicyclic amines) is 1. The van der Waals surface area contributed by atoms with Gasteiger partial charge in [-0.1, -0.05) is 34.8 Å². The molecule has 1 heterocycles. The van der Waals surface area contributed by atoms with Crippen molar-refractivity contribution < 1.29 is 0 Å². The van der Waals surface area contributed by atoms with E-state index in [4.69, 9.17) is 34.8 Å². The van der Waals surface area contributed by atoms with Crippen LogP contribution in [0, 0.1) is 17.2 Å². The molecule has 1 aliphatic heterocycles. The molecule has 0 aliphatic carbocycles. The highest BCUT2D eigenvalue weighted by atomic mass is 35.5. The molecule has 0 saturated carbocycles. The molecule has 0 bridgehead atoms. The van der Waals surface area contributed by atoms with Crippen molar-refractivity contribution in [2.75, 3.05) is 13.1 Å². The smallest absolute Gasteiger partial charge is 0.0676 e. The Kier molecular flexibility index (Phi) is 4.56. The Labute approximate surface area is 135 Å². The molecule has 1 aromatic rings. The Bertz CT molecular complexity index is 557. The number of benzene rings is 1. The maximum atomic E-state index is 9.42. The van der Waals surface area contributed by atoms with Crippen molar-refractivity contribution in [1.29, 1.82) is 5.26 Å². The molecule has 0 unspecified atom stereocenters. The number of halogens is 3. The van der Waals surface area contributed by atoms with Crippen LogP contribution in [0.2, 0.25) is 15.1 Å². The van der Waals surface area contributed by atoms with Crippen molar-refractivity contribution in [3.63, 3.8) is 0 Å². The van der Waals surface area contributed by atoms with Crippen LogP contribution in [0.15, 0.2) is 12.1 Å². The Morgan fingerprint density at radius 3 is 2.25 bits per heavy atom. The summed E-state index contributed by atoms with van der Waals surface area (Å²) in [7, 11) is 0. The van der Waals surface area contributed by atoms with E-state index in [0.29, 0.717) is 15.1 Å². The summed E-state index contributed by atoms with van der Waals surface area (Å²) in [6.45, 7) is 8.02. The van der Waals surface area contributed by atoms with Crippen molar-refractivity contribution in [2.24, 2.45) is 5.92 Å². The molecule has 1 fully saturated rings. The highest BCUT2D eigenvalue weighted by molar-refractivity contribution is 6.43. The average molecular weight is 332 g/mol. The lowest BCUT2D eigenvalue weighted by Gasteiger charge is -2.31. The molecule has 2 rings (SSSR count). The summed E-state index contributed by atoms with van der Waals surface area (Å²) in [5.74, 6) is -0.00883. The third-order valence-corrected chi connectivity index (χ3v) is 4.92. The highest BCUT2D eigenvalue weighted by Crippen LogP contribution is 2.41. The van der Waals surface area contributed by atoms with Gasteiger partial charge in [0.1, 0.15) is 0 Å². The third-order valence-electron chi connectivity index (χ3n) is 3.87. The summed E-state index contributed by atoms with van der Waals surface area (Å²) >= 11 is 18.4. The second kappa shape index (κ2) is 5.73. The average Bonchev–Trinajstić information content (AvgIpc) is 2.77. The molecule has 5 heteroatoms. The molecule has 0 amide bonds. The van der Waals surface area contributed by atoms with E-state index >= 15 is 0 Å². The SMILES string of the molecule is CC(C)(C)N1C[C@H](c2cc(Cl)c(Cl)cc2Cl)[C@@H](C#N)C1. The van der Waals surface area contributed by atoms with Crippen LogP contribution in [0.25, 0.3) is 0 Å². The minimum absolute atomic E-state index is 0.0343. The van der Waals surface area contributed by atoms with E-state index in [1.165, 1.54) is 0 Å². The summed E-state index contributed by atoms with van der Waals surface area (Å²) in [5, 5.41) is 10.9. The van der Waals surface area contributed by atoms with Crippen molar-refractivity contribution in [3.8, 4) is 6.07 Å². The van der Waals surface area contributed by atoms with E-state index in [1.54, 1.807) is 12.1 Å². The fraction of sp³-hybridized carbons (Fsp3) is 0.533. The quantitative estimate of drug-likeness (QED) is 0.678. The Morgan fingerprint density at radius 1 is 1.10 bits per heavy atom. The Hall–Kier alpha value is -0.460. The van der Waals surface area contributed by atoms with Crippen LogP contribution in [0.4, 0.5) is 0 Å². The first kappa shape index (κ1) is 15.9. The molecule has 2 atom stereocenters. The Balaban J connectivity index is 2.37. The molecule has 0 spiro atoms. The zero-order valence-electron chi connectivity index (χ0n) is 11.8. The van der Waals surface area contributed by atoms with E-state index < -0.39 is 0 Å². The first-order chi connectivity index (χ1) is 9.24. The second-order valence-electron chi connectivity index (χ2n) is 6.21. The molecule has 1 saturated heterocycles. The normalized spacial score (nSPS) is 23.9. The fourth-order valence-electron chi connectivity index (χ4n) is 2.62. The van der Waals surface area contributed by atoms with Crippen LogP contribution in [-0.4, -0.2) is 23.5 Å². The molecule has 0 N–H and O–H groups in total. The first-order valence-corrected chi connectivity index (χ1v) is 7.66. The largest absolute Gasteiger partial charge is 0.297 e. The monoisotopic (exact) mass is 330 g/mol. The number of rotatable bonds is 1. The van der Waals surface area contributed by atoms with Crippen LogP contribution in [-0.2, 0) is 0 Å². The van der Waals surface area contributed by atoms with E-state index in [9.17, 15) is 5.26 Å². The topological polar surface area (TPSA) is 27.0 Å². The van der Waals surface area contributed by atoms with Crippen LogP contribution in [0.5, 0.6) is 0 Å². The standard InChI is InChI=1S/C15H17Cl3N2/c1-15(2,3)20-7-9(6-19)11(8-20)10-4-13(17)14(18)5-12(10)16/h4-5,9,11H,7-8H2,1-3H3/t9-,11-/m0/s1. The molecule has 0 radical (unpaired) electrons. The van der Waals surface area contributed by atoms with E-state index in [-0.39, 0.29) is 17.4 Å². The van der Waals surface area contributed by atoms with Gasteiger partial charge in [0, 0.05) is 29.6 Å². The minimum atomic E-state index is -0.0797. The lowest BCUT2D eigenvalue weighted by atomic mass is 9.90. The van der Waals surface area contributed by atoms with Gasteiger partial charge in [-0.05, 0) is 38.5 Å². The molecule has 0 aromatic heterocycles. The van der Waals surface area contributed by atoms with Gasteiger partial charge in [-0.3, -0.25) is 4.90 Å². The van der Waals surface area contributed by atoms with Gasteiger partial charge in [0.25, 0.3) is 0 Å². The number of hydrogen-bond donors (Lipinski definition) is 0. The molecule has 1 aromatic carbocycles. The van der Waals surface area contributed by atoms with Gasteiger partial charge < -0.3 is 0 Å². The van der Waals surface area contributed by atoms with Gasteiger partial charge >= 0.3 is 0 Å². The molecule has 2 nitrogen and oxygen atoms in total. The third kappa shape index (κ3) is 3.07. The summed E-state index contributed by atoms with van der Waals surface area (Å²) in [6.07, 6.45) is 0. The summed E-state index contributed by atoms with van der Waals surface area (Å²) < 4.78 is 0. The number of nitriles is 1. The molecular weight excluding hydrogens is 315 g/mol. The van der Waals surface area contributed by atoms with E-state index in [2.05, 4.69) is 31.7 Å².